The third-order valence-corrected chi connectivity index (χ3v) is 4.66. The lowest BCUT2D eigenvalue weighted by Gasteiger charge is -2.35. The van der Waals surface area contributed by atoms with Crippen LogP contribution in [0.5, 0.6) is 0 Å². The van der Waals surface area contributed by atoms with Gasteiger partial charge in [0.1, 0.15) is 11.8 Å². The number of hydrogen-bond acceptors (Lipinski definition) is 9. The van der Waals surface area contributed by atoms with Gasteiger partial charge in [-0.15, -0.1) is 0 Å². The van der Waals surface area contributed by atoms with Crippen molar-refractivity contribution in [2.24, 2.45) is 5.92 Å². The lowest BCUT2D eigenvalue weighted by molar-refractivity contribution is -0.811. The first-order chi connectivity index (χ1) is 12.5. The van der Waals surface area contributed by atoms with Gasteiger partial charge in [-0.1, -0.05) is 0 Å². The normalized spacial score (nSPS) is 30.2. The minimum Gasteiger partial charge on any atom is -0.372 e. The number of fused-ring (bicyclic) bond motifs is 6. The van der Waals surface area contributed by atoms with Crippen LogP contribution in [0.25, 0.3) is 0 Å². The molecule has 0 radical (unpaired) electrons. The molecule has 0 saturated carbocycles. The van der Waals surface area contributed by atoms with E-state index in [0.717, 1.165) is 0 Å². The molecule has 0 bridgehead atoms. The van der Waals surface area contributed by atoms with Gasteiger partial charge in [0.15, 0.2) is 12.6 Å². The van der Waals surface area contributed by atoms with E-state index in [4.69, 9.17) is 23.8 Å². The summed E-state index contributed by atoms with van der Waals surface area (Å²) in [7, 11) is 0. The predicted molar refractivity (Wildman–Crippen MR) is 80.3 cm³/mol. The Morgan fingerprint density at radius 1 is 1.00 bits per heavy atom. The van der Waals surface area contributed by atoms with Crippen LogP contribution in [0.15, 0.2) is 4.63 Å². The fraction of sp³-hybridized carbons (Fsp3) is 0.714. The fourth-order valence-electron chi connectivity index (χ4n) is 3.72. The molecule has 2 aliphatic heterocycles. The molecule has 0 aromatic carbocycles. The van der Waals surface area contributed by atoms with E-state index < -0.39 is 24.4 Å². The SMILES string of the molecule is CCOC1CC2C(=[N+]([O-])O1)c1no[n+]([O-])c1C1CC(OCC)O[N+]([O-])=C21. The zero-order chi connectivity index (χ0) is 18.4. The summed E-state index contributed by atoms with van der Waals surface area (Å²) in [6, 6.07) is 0. The molecule has 26 heavy (non-hydrogen) atoms. The second-order valence-electron chi connectivity index (χ2n) is 6.05. The smallest absolute Gasteiger partial charge is 0.318 e. The summed E-state index contributed by atoms with van der Waals surface area (Å²) in [5, 5.41) is 40.8. The maximum atomic E-state index is 12.6. The molecule has 0 fully saturated rings. The highest BCUT2D eigenvalue weighted by atomic mass is 16.9. The lowest BCUT2D eigenvalue weighted by Crippen LogP contribution is -2.54. The lowest BCUT2D eigenvalue weighted by atomic mass is 9.74. The van der Waals surface area contributed by atoms with Crippen molar-refractivity contribution in [1.82, 2.24) is 5.16 Å². The quantitative estimate of drug-likeness (QED) is 0.651. The van der Waals surface area contributed by atoms with Crippen molar-refractivity contribution < 1.29 is 38.5 Å². The molecule has 12 nitrogen and oxygen atoms in total. The van der Waals surface area contributed by atoms with Gasteiger partial charge < -0.3 is 24.4 Å². The summed E-state index contributed by atoms with van der Waals surface area (Å²) in [4.78, 5) is 11.2. The molecule has 1 aromatic rings. The van der Waals surface area contributed by atoms with Crippen molar-refractivity contribution in [2.75, 3.05) is 13.2 Å². The third-order valence-electron chi connectivity index (χ3n) is 4.66. The van der Waals surface area contributed by atoms with Gasteiger partial charge in [-0.25, -0.2) is 0 Å². The Hall–Kier alpha value is -2.60. The molecule has 0 saturated heterocycles. The molecular weight excluding hydrogens is 352 g/mol. The average molecular weight is 370 g/mol. The van der Waals surface area contributed by atoms with E-state index in [-0.39, 0.29) is 45.5 Å². The van der Waals surface area contributed by atoms with Gasteiger partial charge in [0.05, 0.1) is 5.16 Å². The van der Waals surface area contributed by atoms with Gasteiger partial charge in [0.2, 0.25) is 11.4 Å². The minimum absolute atomic E-state index is 0.0277. The van der Waals surface area contributed by atoms with Crippen LogP contribution >= 0.6 is 0 Å². The average Bonchev–Trinajstić information content (AvgIpc) is 2.97. The van der Waals surface area contributed by atoms with E-state index in [1.54, 1.807) is 13.8 Å². The molecule has 142 valence electrons. The Morgan fingerprint density at radius 3 is 2.27 bits per heavy atom. The zero-order valence-electron chi connectivity index (χ0n) is 14.2. The van der Waals surface area contributed by atoms with Gasteiger partial charge in [0.25, 0.3) is 0 Å². The molecule has 3 aliphatic rings. The summed E-state index contributed by atoms with van der Waals surface area (Å²) >= 11 is 0. The first-order valence-electron chi connectivity index (χ1n) is 8.39. The monoisotopic (exact) mass is 370 g/mol. The van der Waals surface area contributed by atoms with Crippen molar-refractivity contribution >= 4 is 11.4 Å². The number of hydrogen-bond donors (Lipinski definition) is 0. The summed E-state index contributed by atoms with van der Waals surface area (Å²) in [6.45, 7) is 4.20. The van der Waals surface area contributed by atoms with Crippen LogP contribution in [0.1, 0.15) is 44.0 Å². The van der Waals surface area contributed by atoms with Crippen LogP contribution in [-0.2, 0) is 19.1 Å². The molecule has 0 amide bonds. The highest BCUT2D eigenvalue weighted by Gasteiger charge is 2.60. The molecular formula is C14H18N4O8. The molecule has 1 aromatic heterocycles. The third kappa shape index (κ3) is 2.44. The van der Waals surface area contributed by atoms with Crippen molar-refractivity contribution in [3.8, 4) is 0 Å². The van der Waals surface area contributed by atoms with Crippen LogP contribution in [0.4, 0.5) is 0 Å². The molecule has 4 atom stereocenters. The van der Waals surface area contributed by atoms with Crippen LogP contribution in [0.2, 0.25) is 0 Å². The summed E-state index contributed by atoms with van der Waals surface area (Å²) < 4.78 is 15.5. The van der Waals surface area contributed by atoms with Crippen molar-refractivity contribution in [3.05, 3.63) is 27.0 Å². The summed E-state index contributed by atoms with van der Waals surface area (Å²) in [5.41, 5.74) is 0.388. The van der Waals surface area contributed by atoms with Crippen molar-refractivity contribution in [1.29, 1.82) is 0 Å². The number of aromatic nitrogens is 2. The van der Waals surface area contributed by atoms with Crippen LogP contribution in [-0.4, -0.2) is 52.2 Å². The Balaban J connectivity index is 1.85. The fourth-order valence-corrected chi connectivity index (χ4v) is 3.72. The van der Waals surface area contributed by atoms with Crippen molar-refractivity contribution in [3.63, 3.8) is 0 Å². The Labute approximate surface area is 147 Å². The number of rotatable bonds is 4. The maximum Gasteiger partial charge on any atom is 0.318 e. The molecule has 4 unspecified atom stereocenters. The zero-order valence-corrected chi connectivity index (χ0v) is 14.2. The maximum absolute atomic E-state index is 12.6. The molecule has 12 heteroatoms. The van der Waals surface area contributed by atoms with Gasteiger partial charge in [-0.3, -0.25) is 15.0 Å². The first kappa shape index (κ1) is 16.8. The standard InChI is InChI=1S/C14H18N4O8/c1-3-22-9-6-8-12(16(19)24-9)7-5-10(23-4-2)25-17(20)13(7)11-14(8)18(21)26-15-11/h7-10H,3-6H2,1-2H3. The van der Waals surface area contributed by atoms with E-state index in [9.17, 15) is 15.6 Å². The second kappa shape index (κ2) is 6.29. The van der Waals surface area contributed by atoms with E-state index in [0.29, 0.717) is 18.1 Å². The number of ether oxygens (including phenoxy) is 2. The van der Waals surface area contributed by atoms with Crippen LogP contribution in [0.3, 0.4) is 0 Å². The summed E-state index contributed by atoms with van der Waals surface area (Å²) in [6.07, 6.45) is -1.21. The van der Waals surface area contributed by atoms with E-state index in [2.05, 4.69) is 5.16 Å². The van der Waals surface area contributed by atoms with E-state index >= 15 is 0 Å². The minimum atomic E-state index is -0.828. The largest absolute Gasteiger partial charge is 0.372 e. The molecule has 0 N–H and O–H groups in total. The first-order valence-corrected chi connectivity index (χ1v) is 8.39. The van der Waals surface area contributed by atoms with Gasteiger partial charge >= 0.3 is 11.4 Å². The Bertz CT molecular complexity index is 775. The van der Waals surface area contributed by atoms with E-state index in [1.165, 1.54) is 0 Å². The van der Waals surface area contributed by atoms with Gasteiger partial charge in [-0.2, -0.15) is 0 Å². The van der Waals surface area contributed by atoms with Crippen LogP contribution < -0.4 is 4.90 Å². The Morgan fingerprint density at radius 2 is 1.62 bits per heavy atom. The topological polar surface area (TPSA) is 142 Å². The molecule has 0 spiro atoms. The highest BCUT2D eigenvalue weighted by Crippen LogP contribution is 2.40. The second-order valence-corrected chi connectivity index (χ2v) is 6.05. The van der Waals surface area contributed by atoms with Gasteiger partial charge in [-0.05, 0) is 18.8 Å². The van der Waals surface area contributed by atoms with Crippen molar-refractivity contribution in [2.45, 2.75) is 45.2 Å². The Kier molecular flexibility index (Phi) is 4.07. The molecule has 3 heterocycles. The van der Waals surface area contributed by atoms with Crippen LogP contribution in [0, 0.1) is 21.5 Å². The van der Waals surface area contributed by atoms with Gasteiger partial charge in [0, 0.05) is 35.9 Å². The summed E-state index contributed by atoms with van der Waals surface area (Å²) in [5.74, 6) is -1.33. The molecule has 1 aliphatic carbocycles. The highest BCUT2D eigenvalue weighted by molar-refractivity contribution is 6.16. The van der Waals surface area contributed by atoms with E-state index in [1.807, 2.05) is 0 Å². The predicted octanol–water partition coefficient (Wildman–Crippen LogP) is -0.332. The molecule has 4 rings (SSSR count). The number of nitrogens with zero attached hydrogens (tertiary/aromatic N) is 4.